The Labute approximate surface area is 125 Å². The molecule has 0 amide bonds. The molecule has 1 fully saturated rings. The number of hydrogen-bond donors (Lipinski definition) is 0. The minimum absolute atomic E-state index is 0.743. The third kappa shape index (κ3) is 3.67. The molecule has 0 spiro atoms. The lowest BCUT2D eigenvalue weighted by Crippen LogP contribution is -2.37. The summed E-state index contributed by atoms with van der Waals surface area (Å²) in [5, 5.41) is 0. The first-order valence-electron chi connectivity index (χ1n) is 7.22. The van der Waals surface area contributed by atoms with Crippen molar-refractivity contribution in [3.63, 3.8) is 0 Å². The summed E-state index contributed by atoms with van der Waals surface area (Å²) in [6.45, 7) is 5.28. The van der Waals surface area contributed by atoms with Gasteiger partial charge in [-0.2, -0.15) is 0 Å². The molecular formula is C17H19N3O. The van der Waals surface area contributed by atoms with Crippen molar-refractivity contribution in [2.24, 2.45) is 0 Å². The van der Waals surface area contributed by atoms with Gasteiger partial charge in [-0.05, 0) is 24.6 Å². The number of anilines is 1. The van der Waals surface area contributed by atoms with E-state index in [1.807, 2.05) is 18.3 Å². The van der Waals surface area contributed by atoms with E-state index in [-0.39, 0.29) is 0 Å². The molecule has 1 aliphatic heterocycles. The molecule has 1 saturated heterocycles. The Kier molecular flexibility index (Phi) is 4.26. The number of benzene rings is 1. The van der Waals surface area contributed by atoms with E-state index in [0.29, 0.717) is 0 Å². The number of aryl methyl sites for hydroxylation is 1. The van der Waals surface area contributed by atoms with Crippen LogP contribution in [0.5, 0.6) is 0 Å². The minimum Gasteiger partial charge on any atom is -0.378 e. The summed E-state index contributed by atoms with van der Waals surface area (Å²) < 4.78 is 5.36. The van der Waals surface area contributed by atoms with Crippen LogP contribution in [-0.4, -0.2) is 36.3 Å². The fourth-order valence-corrected chi connectivity index (χ4v) is 2.23. The van der Waals surface area contributed by atoms with E-state index in [2.05, 4.69) is 52.1 Å². The highest BCUT2D eigenvalue weighted by Gasteiger charge is 2.13. The van der Waals surface area contributed by atoms with Crippen LogP contribution in [0.1, 0.15) is 16.8 Å². The number of aromatic nitrogens is 2. The zero-order valence-corrected chi connectivity index (χ0v) is 12.2. The van der Waals surface area contributed by atoms with Gasteiger partial charge in [0.15, 0.2) is 0 Å². The molecule has 0 atom stereocenters. The van der Waals surface area contributed by atoms with Crippen molar-refractivity contribution in [1.82, 2.24) is 9.97 Å². The summed E-state index contributed by atoms with van der Waals surface area (Å²) in [7, 11) is 0. The van der Waals surface area contributed by atoms with Gasteiger partial charge in [-0.1, -0.05) is 35.9 Å². The highest BCUT2D eigenvalue weighted by molar-refractivity contribution is 5.68. The number of rotatable bonds is 3. The Morgan fingerprint density at radius 2 is 1.81 bits per heavy atom. The Morgan fingerprint density at radius 3 is 2.57 bits per heavy atom. The smallest absolute Gasteiger partial charge is 0.225 e. The van der Waals surface area contributed by atoms with Crippen molar-refractivity contribution in [3.8, 4) is 0 Å². The summed E-state index contributed by atoms with van der Waals surface area (Å²) in [6, 6.07) is 10.4. The Bertz CT molecular complexity index is 616. The van der Waals surface area contributed by atoms with E-state index in [4.69, 9.17) is 4.74 Å². The highest BCUT2D eigenvalue weighted by atomic mass is 16.5. The SMILES string of the molecule is Cc1ccc(/C=C/c2ccnc(N3CCOCC3)n2)cc1. The number of morpholine rings is 1. The maximum Gasteiger partial charge on any atom is 0.225 e. The average molecular weight is 281 g/mol. The molecule has 2 heterocycles. The summed E-state index contributed by atoms with van der Waals surface area (Å²) in [5.41, 5.74) is 3.36. The second-order valence-electron chi connectivity index (χ2n) is 5.12. The number of ether oxygens (including phenoxy) is 1. The molecule has 4 nitrogen and oxygen atoms in total. The van der Waals surface area contributed by atoms with Crippen LogP contribution in [0.2, 0.25) is 0 Å². The van der Waals surface area contributed by atoms with Crippen LogP contribution in [0.25, 0.3) is 12.2 Å². The second kappa shape index (κ2) is 6.50. The van der Waals surface area contributed by atoms with E-state index in [1.54, 1.807) is 0 Å². The van der Waals surface area contributed by atoms with Crippen LogP contribution in [0.4, 0.5) is 5.95 Å². The van der Waals surface area contributed by atoms with E-state index in [0.717, 1.165) is 37.9 Å². The summed E-state index contributed by atoms with van der Waals surface area (Å²) in [5.74, 6) is 0.782. The molecule has 1 aliphatic rings. The van der Waals surface area contributed by atoms with Gasteiger partial charge in [0.25, 0.3) is 0 Å². The normalized spacial score (nSPS) is 15.6. The predicted octanol–water partition coefficient (Wildman–Crippen LogP) is 2.79. The minimum atomic E-state index is 0.743. The van der Waals surface area contributed by atoms with Crippen LogP contribution in [-0.2, 0) is 4.74 Å². The van der Waals surface area contributed by atoms with Crippen LogP contribution in [0, 0.1) is 6.92 Å². The Balaban J connectivity index is 1.74. The first-order valence-corrected chi connectivity index (χ1v) is 7.22. The van der Waals surface area contributed by atoms with Crippen LogP contribution < -0.4 is 4.90 Å². The van der Waals surface area contributed by atoms with Crippen molar-refractivity contribution in [2.75, 3.05) is 31.2 Å². The first kappa shape index (κ1) is 13.8. The molecule has 21 heavy (non-hydrogen) atoms. The summed E-state index contributed by atoms with van der Waals surface area (Å²) in [6.07, 6.45) is 5.91. The third-order valence-electron chi connectivity index (χ3n) is 3.48. The maximum absolute atomic E-state index is 5.36. The van der Waals surface area contributed by atoms with Gasteiger partial charge in [0, 0.05) is 19.3 Å². The van der Waals surface area contributed by atoms with E-state index in [1.165, 1.54) is 11.1 Å². The molecule has 4 heteroatoms. The van der Waals surface area contributed by atoms with E-state index >= 15 is 0 Å². The van der Waals surface area contributed by atoms with Gasteiger partial charge >= 0.3 is 0 Å². The predicted molar refractivity (Wildman–Crippen MR) is 85.2 cm³/mol. The highest BCUT2D eigenvalue weighted by Crippen LogP contribution is 2.12. The third-order valence-corrected chi connectivity index (χ3v) is 3.48. The van der Waals surface area contributed by atoms with Gasteiger partial charge in [0.2, 0.25) is 5.95 Å². The standard InChI is InChI=1S/C17H19N3O/c1-14-2-4-15(5-3-14)6-7-16-8-9-18-17(19-16)20-10-12-21-13-11-20/h2-9H,10-13H2,1H3/b7-6+. The molecule has 0 radical (unpaired) electrons. The topological polar surface area (TPSA) is 38.2 Å². The lowest BCUT2D eigenvalue weighted by atomic mass is 10.1. The molecule has 108 valence electrons. The zero-order valence-electron chi connectivity index (χ0n) is 12.2. The molecule has 2 aromatic rings. The molecule has 0 aliphatic carbocycles. The first-order chi connectivity index (χ1) is 10.3. The fraction of sp³-hybridized carbons (Fsp3) is 0.294. The molecule has 3 rings (SSSR count). The van der Waals surface area contributed by atoms with Crippen molar-refractivity contribution < 1.29 is 4.74 Å². The van der Waals surface area contributed by atoms with Crippen LogP contribution in [0.15, 0.2) is 36.5 Å². The van der Waals surface area contributed by atoms with Crippen molar-refractivity contribution >= 4 is 18.1 Å². The van der Waals surface area contributed by atoms with Crippen LogP contribution >= 0.6 is 0 Å². The molecule has 0 N–H and O–H groups in total. The van der Waals surface area contributed by atoms with Crippen molar-refractivity contribution in [2.45, 2.75) is 6.92 Å². The van der Waals surface area contributed by atoms with E-state index < -0.39 is 0 Å². The summed E-state index contributed by atoms with van der Waals surface area (Å²) in [4.78, 5) is 11.1. The van der Waals surface area contributed by atoms with Gasteiger partial charge in [0.05, 0.1) is 18.9 Å². The quantitative estimate of drug-likeness (QED) is 0.867. The fourth-order valence-electron chi connectivity index (χ4n) is 2.23. The second-order valence-corrected chi connectivity index (χ2v) is 5.12. The average Bonchev–Trinajstić information content (AvgIpc) is 2.55. The van der Waals surface area contributed by atoms with Gasteiger partial charge in [0.1, 0.15) is 0 Å². The molecule has 0 saturated carbocycles. The lowest BCUT2D eigenvalue weighted by Gasteiger charge is -2.26. The summed E-state index contributed by atoms with van der Waals surface area (Å²) >= 11 is 0. The van der Waals surface area contributed by atoms with Gasteiger partial charge in [-0.3, -0.25) is 0 Å². The maximum atomic E-state index is 5.36. The van der Waals surface area contributed by atoms with Crippen LogP contribution in [0.3, 0.4) is 0 Å². The monoisotopic (exact) mass is 281 g/mol. The van der Waals surface area contributed by atoms with Crippen molar-refractivity contribution in [1.29, 1.82) is 0 Å². The van der Waals surface area contributed by atoms with Gasteiger partial charge < -0.3 is 9.64 Å². The lowest BCUT2D eigenvalue weighted by molar-refractivity contribution is 0.122. The number of hydrogen-bond acceptors (Lipinski definition) is 4. The van der Waals surface area contributed by atoms with Crippen molar-refractivity contribution in [3.05, 3.63) is 53.3 Å². The van der Waals surface area contributed by atoms with E-state index in [9.17, 15) is 0 Å². The molecule has 1 aromatic heterocycles. The molecule has 1 aromatic carbocycles. The zero-order chi connectivity index (χ0) is 14.5. The Hall–Kier alpha value is -2.20. The molecule has 0 unspecified atom stereocenters. The largest absolute Gasteiger partial charge is 0.378 e. The van der Waals surface area contributed by atoms with Gasteiger partial charge in [-0.25, -0.2) is 9.97 Å². The molecule has 0 bridgehead atoms. The van der Waals surface area contributed by atoms with Gasteiger partial charge in [-0.15, -0.1) is 0 Å². The molecular weight excluding hydrogens is 262 g/mol. The Morgan fingerprint density at radius 1 is 1.05 bits per heavy atom. The number of nitrogens with zero attached hydrogens (tertiary/aromatic N) is 3.